The summed E-state index contributed by atoms with van der Waals surface area (Å²) in [7, 11) is 2.00. The van der Waals surface area contributed by atoms with Gasteiger partial charge >= 0.3 is 0 Å². The predicted octanol–water partition coefficient (Wildman–Crippen LogP) is 0.724. The van der Waals surface area contributed by atoms with Gasteiger partial charge in [0.1, 0.15) is 5.82 Å². The molecule has 0 bridgehead atoms. The highest BCUT2D eigenvalue weighted by Gasteiger charge is 2.16. The van der Waals surface area contributed by atoms with E-state index in [9.17, 15) is 4.79 Å². The normalized spacial score (nSPS) is 14.4. The first-order chi connectivity index (χ1) is 8.00. The van der Waals surface area contributed by atoms with Crippen LogP contribution in [0.5, 0.6) is 0 Å². The number of hydrogen-bond acceptors (Lipinski definition) is 2. The molecule has 1 heterocycles. The molecule has 0 unspecified atom stereocenters. The zero-order valence-electron chi connectivity index (χ0n) is 10.5. The van der Waals surface area contributed by atoms with E-state index >= 15 is 0 Å². The van der Waals surface area contributed by atoms with Gasteiger partial charge in [0, 0.05) is 12.6 Å². The van der Waals surface area contributed by atoms with Gasteiger partial charge in [0.05, 0.1) is 11.0 Å². The molecule has 0 fully saturated rings. The lowest BCUT2D eigenvalue weighted by Crippen LogP contribution is -2.26. The van der Waals surface area contributed by atoms with Gasteiger partial charge in [-0.1, -0.05) is 0 Å². The summed E-state index contributed by atoms with van der Waals surface area (Å²) in [4.78, 5) is 16.3. The number of aromatic nitrogens is 2. The Morgan fingerprint density at radius 2 is 1.94 bits per heavy atom. The molecule has 0 amide bonds. The Balaban J connectivity index is 2.66. The molecule has 0 aliphatic heterocycles. The van der Waals surface area contributed by atoms with Gasteiger partial charge in [-0.15, -0.1) is 0 Å². The minimum atomic E-state index is 0.120. The van der Waals surface area contributed by atoms with Crippen molar-refractivity contribution in [3.05, 3.63) is 27.9 Å². The minimum Gasteiger partial charge on any atom is -0.331 e. The van der Waals surface area contributed by atoms with Crippen LogP contribution in [0.1, 0.15) is 18.3 Å². The van der Waals surface area contributed by atoms with Crippen LogP contribution >= 0.6 is 0 Å². The fourth-order valence-corrected chi connectivity index (χ4v) is 2.61. The Morgan fingerprint density at radius 3 is 2.65 bits per heavy atom. The van der Waals surface area contributed by atoms with Gasteiger partial charge in [0.25, 0.3) is 0 Å². The molecule has 0 radical (unpaired) electrons. The highest BCUT2D eigenvalue weighted by atomic mass is 16.1. The van der Waals surface area contributed by atoms with E-state index in [-0.39, 0.29) is 5.78 Å². The molecular weight excluding hydrogens is 212 g/mol. The fourth-order valence-electron chi connectivity index (χ4n) is 2.61. The van der Waals surface area contributed by atoms with Crippen molar-refractivity contribution in [2.24, 2.45) is 7.05 Å². The molecule has 3 rings (SSSR count). The van der Waals surface area contributed by atoms with Crippen LogP contribution in [0.25, 0.3) is 22.7 Å². The smallest absolute Gasteiger partial charge is 0.182 e. The highest BCUT2D eigenvalue weighted by Crippen LogP contribution is 2.15. The maximum Gasteiger partial charge on any atom is 0.182 e. The molecular formula is C14H14N2O. The predicted molar refractivity (Wildman–Crippen MR) is 68.0 cm³/mol. The number of fused-ring (bicyclic) bond motifs is 2. The van der Waals surface area contributed by atoms with Crippen molar-refractivity contribution in [3.63, 3.8) is 0 Å². The van der Waals surface area contributed by atoms with Gasteiger partial charge in [0.15, 0.2) is 5.78 Å². The van der Waals surface area contributed by atoms with Crippen LogP contribution in [-0.2, 0) is 11.8 Å². The average Bonchev–Trinajstić information content (AvgIpc) is 2.71. The Morgan fingerprint density at radius 1 is 1.24 bits per heavy atom. The summed E-state index contributed by atoms with van der Waals surface area (Å²) in [6.07, 6.45) is 1.72. The molecule has 1 aliphatic carbocycles. The number of carbonyl (C=O) groups excluding carboxylic acids is 1. The van der Waals surface area contributed by atoms with Crippen molar-refractivity contribution in [2.75, 3.05) is 0 Å². The Labute approximate surface area is 99.1 Å². The molecule has 1 aromatic heterocycles. The molecule has 3 heteroatoms. The number of aryl methyl sites for hydroxylation is 3. The number of nitrogens with zero attached hydrogens (tertiary/aromatic N) is 2. The van der Waals surface area contributed by atoms with Gasteiger partial charge in [-0.25, -0.2) is 4.98 Å². The van der Waals surface area contributed by atoms with Crippen molar-refractivity contribution in [1.29, 1.82) is 0 Å². The third-order valence-corrected chi connectivity index (χ3v) is 3.71. The van der Waals surface area contributed by atoms with Crippen LogP contribution in [0.2, 0.25) is 0 Å². The average molecular weight is 226 g/mol. The number of benzene rings is 1. The van der Waals surface area contributed by atoms with Gasteiger partial charge in [-0.3, -0.25) is 4.79 Å². The SMILES string of the molecule is CC1=c2c(C)c3nc(C)n(C)c3cc2=CC1=O. The van der Waals surface area contributed by atoms with Crippen molar-refractivity contribution in [1.82, 2.24) is 9.55 Å². The minimum absolute atomic E-state index is 0.120. The molecule has 1 aromatic carbocycles. The van der Waals surface area contributed by atoms with Gasteiger partial charge < -0.3 is 4.57 Å². The Kier molecular flexibility index (Phi) is 1.85. The van der Waals surface area contributed by atoms with E-state index in [2.05, 4.69) is 15.6 Å². The zero-order chi connectivity index (χ0) is 12.3. The molecule has 3 nitrogen and oxygen atoms in total. The first-order valence-electron chi connectivity index (χ1n) is 5.70. The maximum absolute atomic E-state index is 11.7. The zero-order valence-corrected chi connectivity index (χ0v) is 10.5. The lowest BCUT2D eigenvalue weighted by atomic mass is 10.1. The number of rotatable bonds is 0. The number of imidazole rings is 1. The first kappa shape index (κ1) is 10.3. The molecule has 0 spiro atoms. The number of ketones is 1. The molecule has 0 N–H and O–H groups in total. The number of hydrogen-bond donors (Lipinski definition) is 0. The third kappa shape index (κ3) is 1.16. The van der Waals surface area contributed by atoms with Crippen LogP contribution in [0.3, 0.4) is 0 Å². The van der Waals surface area contributed by atoms with E-state index in [0.717, 1.165) is 38.4 Å². The molecule has 0 saturated heterocycles. The third-order valence-electron chi connectivity index (χ3n) is 3.71. The van der Waals surface area contributed by atoms with Gasteiger partial charge in [-0.2, -0.15) is 0 Å². The van der Waals surface area contributed by atoms with Crippen molar-refractivity contribution < 1.29 is 4.79 Å². The van der Waals surface area contributed by atoms with E-state index in [1.807, 2.05) is 27.8 Å². The molecule has 0 saturated carbocycles. The Bertz CT molecular complexity index is 794. The van der Waals surface area contributed by atoms with Gasteiger partial charge in [-0.05, 0) is 48.9 Å². The molecule has 1 aliphatic rings. The summed E-state index contributed by atoms with van der Waals surface area (Å²) in [5, 5.41) is 2.10. The molecule has 2 aromatic rings. The van der Waals surface area contributed by atoms with E-state index < -0.39 is 0 Å². The summed E-state index contributed by atoms with van der Waals surface area (Å²) in [6.45, 7) is 5.93. The topological polar surface area (TPSA) is 34.9 Å². The number of Topliss-reactive ketones (excluding diaryl/α,β-unsaturated/α-hetero) is 1. The monoisotopic (exact) mass is 226 g/mol. The van der Waals surface area contributed by atoms with Crippen LogP contribution in [-0.4, -0.2) is 15.3 Å². The second-order valence-corrected chi connectivity index (χ2v) is 4.69. The largest absolute Gasteiger partial charge is 0.331 e. The summed E-state index contributed by atoms with van der Waals surface area (Å²) < 4.78 is 2.06. The van der Waals surface area contributed by atoms with E-state index in [0.29, 0.717) is 0 Å². The van der Waals surface area contributed by atoms with Gasteiger partial charge in [0.2, 0.25) is 0 Å². The summed E-state index contributed by atoms with van der Waals surface area (Å²) in [5.74, 6) is 1.12. The summed E-state index contributed by atoms with van der Waals surface area (Å²) in [6, 6.07) is 2.06. The number of carbonyl (C=O) groups is 1. The van der Waals surface area contributed by atoms with Crippen molar-refractivity contribution >= 4 is 28.5 Å². The molecule has 17 heavy (non-hydrogen) atoms. The summed E-state index contributed by atoms with van der Waals surface area (Å²) >= 11 is 0. The fraction of sp³-hybridized carbons (Fsp3) is 0.286. The van der Waals surface area contributed by atoms with Crippen LogP contribution in [0.4, 0.5) is 0 Å². The Hall–Kier alpha value is -1.90. The van der Waals surface area contributed by atoms with Crippen molar-refractivity contribution in [2.45, 2.75) is 20.8 Å². The van der Waals surface area contributed by atoms with E-state index in [1.165, 1.54) is 0 Å². The van der Waals surface area contributed by atoms with Crippen LogP contribution < -0.4 is 10.4 Å². The lowest BCUT2D eigenvalue weighted by Gasteiger charge is -2.00. The molecule has 0 atom stereocenters. The second-order valence-electron chi connectivity index (χ2n) is 4.69. The second kappa shape index (κ2) is 3.06. The summed E-state index contributed by atoms with van der Waals surface area (Å²) in [5.41, 5.74) is 4.05. The highest BCUT2D eigenvalue weighted by molar-refractivity contribution is 6.32. The van der Waals surface area contributed by atoms with Crippen LogP contribution in [0.15, 0.2) is 6.07 Å². The lowest BCUT2D eigenvalue weighted by molar-refractivity contribution is -0.108. The maximum atomic E-state index is 11.7. The van der Waals surface area contributed by atoms with E-state index in [4.69, 9.17) is 0 Å². The van der Waals surface area contributed by atoms with E-state index in [1.54, 1.807) is 6.08 Å². The first-order valence-corrected chi connectivity index (χ1v) is 5.70. The van der Waals surface area contributed by atoms with Crippen molar-refractivity contribution in [3.8, 4) is 0 Å². The molecule has 86 valence electrons. The quantitative estimate of drug-likeness (QED) is 0.663. The van der Waals surface area contributed by atoms with Crippen LogP contribution in [0, 0.1) is 13.8 Å². The standard InChI is InChI=1S/C14H14N2O/c1-7-12(17)6-10-5-11-14(8(2)13(7)10)15-9(3)16(11)4/h5-6H,1-4H3.